The summed E-state index contributed by atoms with van der Waals surface area (Å²) in [5.74, 6) is -2.43. The van der Waals surface area contributed by atoms with Crippen molar-refractivity contribution in [2.24, 2.45) is 23.7 Å². The van der Waals surface area contributed by atoms with Crippen LogP contribution in [0.2, 0.25) is 0 Å². The number of benzene rings is 1. The number of para-hydroxylation sites is 1. The molecule has 1 saturated carbocycles. The molecule has 1 aromatic carbocycles. The molecule has 0 radical (unpaired) electrons. The van der Waals surface area contributed by atoms with E-state index in [1.165, 1.54) is 0 Å². The van der Waals surface area contributed by atoms with Gasteiger partial charge in [0.2, 0.25) is 11.8 Å². The van der Waals surface area contributed by atoms with Crippen LogP contribution in [-0.4, -0.2) is 35.5 Å². The number of carbonyl (C=O) groups excluding carboxylic acids is 2. The van der Waals surface area contributed by atoms with E-state index in [1.807, 2.05) is 42.5 Å². The number of rotatable bonds is 4. The summed E-state index contributed by atoms with van der Waals surface area (Å²) >= 11 is 0. The minimum atomic E-state index is -0.912. The Bertz CT molecular complexity index is 745. The van der Waals surface area contributed by atoms with E-state index in [2.05, 4.69) is 5.32 Å². The first-order valence-electron chi connectivity index (χ1n) is 8.61. The lowest BCUT2D eigenvalue weighted by Gasteiger charge is -2.25. The number of anilines is 1. The van der Waals surface area contributed by atoms with Crippen LogP contribution >= 0.6 is 0 Å². The number of allylic oxidation sites excluding steroid dienone is 2. The molecule has 1 saturated heterocycles. The Labute approximate surface area is 145 Å². The third kappa shape index (κ3) is 2.71. The fraction of sp³-hybridized carbons (Fsp3) is 0.421. The Balaban J connectivity index is 1.44. The summed E-state index contributed by atoms with van der Waals surface area (Å²) in [4.78, 5) is 38.2. The predicted octanol–water partition coefficient (Wildman–Crippen LogP) is 1.43. The van der Waals surface area contributed by atoms with Crippen LogP contribution in [0.5, 0.6) is 0 Å². The second kappa shape index (κ2) is 6.02. The maximum Gasteiger partial charge on any atom is 0.307 e. The van der Waals surface area contributed by atoms with E-state index in [0.717, 1.165) is 12.1 Å². The maximum atomic E-state index is 12.7. The summed E-state index contributed by atoms with van der Waals surface area (Å²) in [5, 5.41) is 12.4. The van der Waals surface area contributed by atoms with Crippen LogP contribution in [0, 0.1) is 23.7 Å². The molecule has 4 rings (SSSR count). The zero-order valence-corrected chi connectivity index (χ0v) is 13.7. The molecule has 2 bridgehead atoms. The van der Waals surface area contributed by atoms with Gasteiger partial charge in [-0.2, -0.15) is 0 Å². The van der Waals surface area contributed by atoms with Gasteiger partial charge in [0.1, 0.15) is 0 Å². The quantitative estimate of drug-likeness (QED) is 0.812. The molecule has 6 heteroatoms. The van der Waals surface area contributed by atoms with Crippen molar-refractivity contribution in [3.63, 3.8) is 0 Å². The summed E-state index contributed by atoms with van der Waals surface area (Å²) in [7, 11) is 0. The fourth-order valence-corrected chi connectivity index (χ4v) is 4.48. The molecule has 2 amide bonds. The van der Waals surface area contributed by atoms with Crippen LogP contribution in [0.1, 0.15) is 12.8 Å². The zero-order chi connectivity index (χ0) is 17.6. The number of nitrogens with zero attached hydrogens (tertiary/aromatic N) is 1. The Hall–Kier alpha value is -2.63. The second-order valence-electron chi connectivity index (χ2n) is 7.09. The third-order valence-electron chi connectivity index (χ3n) is 5.59. The molecular weight excluding hydrogens is 320 g/mol. The average molecular weight is 340 g/mol. The lowest BCUT2D eigenvalue weighted by atomic mass is 9.82. The van der Waals surface area contributed by atoms with Gasteiger partial charge in [0.15, 0.2) is 0 Å². The van der Waals surface area contributed by atoms with E-state index in [0.29, 0.717) is 6.54 Å². The molecule has 25 heavy (non-hydrogen) atoms. The van der Waals surface area contributed by atoms with Gasteiger partial charge in [-0.15, -0.1) is 0 Å². The van der Waals surface area contributed by atoms with E-state index in [4.69, 9.17) is 0 Å². The highest BCUT2D eigenvalue weighted by Gasteiger charge is 2.52. The van der Waals surface area contributed by atoms with Gasteiger partial charge in [-0.25, -0.2) is 0 Å². The maximum absolute atomic E-state index is 12.7. The molecule has 0 unspecified atom stereocenters. The summed E-state index contributed by atoms with van der Waals surface area (Å²) in [6.07, 6.45) is 4.86. The highest BCUT2D eigenvalue weighted by Crippen LogP contribution is 2.48. The smallest absolute Gasteiger partial charge is 0.307 e. The van der Waals surface area contributed by atoms with Gasteiger partial charge in [0.25, 0.3) is 0 Å². The highest BCUT2D eigenvalue weighted by molar-refractivity contribution is 5.97. The number of hydrogen-bond donors (Lipinski definition) is 2. The van der Waals surface area contributed by atoms with E-state index >= 15 is 0 Å². The summed E-state index contributed by atoms with van der Waals surface area (Å²) in [6.45, 7) is 0.420. The summed E-state index contributed by atoms with van der Waals surface area (Å²) in [6, 6.07) is 9.07. The van der Waals surface area contributed by atoms with Crippen LogP contribution in [-0.2, 0) is 14.4 Å². The Morgan fingerprint density at radius 1 is 1.08 bits per heavy atom. The number of carboxylic acids is 1. The number of aliphatic carboxylic acids is 1. The Morgan fingerprint density at radius 3 is 2.44 bits per heavy atom. The predicted molar refractivity (Wildman–Crippen MR) is 90.7 cm³/mol. The van der Waals surface area contributed by atoms with Crippen molar-refractivity contribution >= 4 is 23.5 Å². The SMILES string of the molecule is O=C(N[C@H]1CC(=O)N(c2ccccc2)C1)[C@@H]1[C@H](C(=O)O)[C@H]2C=C[C@H]1C2. The van der Waals surface area contributed by atoms with Crippen molar-refractivity contribution in [1.29, 1.82) is 0 Å². The molecule has 0 spiro atoms. The number of hydrogen-bond acceptors (Lipinski definition) is 3. The van der Waals surface area contributed by atoms with Crippen molar-refractivity contribution in [3.8, 4) is 0 Å². The van der Waals surface area contributed by atoms with Crippen LogP contribution in [0.25, 0.3) is 0 Å². The molecule has 130 valence electrons. The van der Waals surface area contributed by atoms with Gasteiger partial charge in [0.05, 0.1) is 17.9 Å². The van der Waals surface area contributed by atoms with Gasteiger partial charge in [0, 0.05) is 18.7 Å². The van der Waals surface area contributed by atoms with Crippen LogP contribution in [0.3, 0.4) is 0 Å². The first kappa shape index (κ1) is 15.9. The monoisotopic (exact) mass is 340 g/mol. The third-order valence-corrected chi connectivity index (χ3v) is 5.59. The largest absolute Gasteiger partial charge is 0.481 e. The molecule has 1 aliphatic heterocycles. The van der Waals surface area contributed by atoms with Crippen LogP contribution in [0.4, 0.5) is 5.69 Å². The molecule has 0 aromatic heterocycles. The number of carboxylic acid groups (broad SMARTS) is 1. The van der Waals surface area contributed by atoms with Gasteiger partial charge < -0.3 is 15.3 Å². The lowest BCUT2D eigenvalue weighted by molar-refractivity contribution is -0.148. The second-order valence-corrected chi connectivity index (χ2v) is 7.09. The van der Waals surface area contributed by atoms with Gasteiger partial charge in [-0.1, -0.05) is 30.4 Å². The van der Waals surface area contributed by atoms with E-state index < -0.39 is 17.8 Å². The van der Waals surface area contributed by atoms with Crippen molar-refractivity contribution in [1.82, 2.24) is 5.32 Å². The van der Waals surface area contributed by atoms with Crippen LogP contribution < -0.4 is 10.2 Å². The van der Waals surface area contributed by atoms with Gasteiger partial charge in [-0.05, 0) is 30.4 Å². The first-order valence-corrected chi connectivity index (χ1v) is 8.61. The first-order chi connectivity index (χ1) is 12.0. The van der Waals surface area contributed by atoms with Gasteiger partial charge in [-0.3, -0.25) is 14.4 Å². The topological polar surface area (TPSA) is 86.7 Å². The molecule has 2 aliphatic carbocycles. The minimum Gasteiger partial charge on any atom is -0.481 e. The van der Waals surface area contributed by atoms with Crippen molar-refractivity contribution < 1.29 is 19.5 Å². The Kier molecular flexibility index (Phi) is 3.82. The molecule has 5 atom stereocenters. The molecule has 6 nitrogen and oxygen atoms in total. The standard InChI is InChI=1S/C19H20N2O4/c22-15-9-13(10-21(15)14-4-2-1-3-5-14)20-18(23)16-11-6-7-12(8-11)17(16)19(24)25/h1-7,11-13,16-17H,8-10H2,(H,20,23)(H,24,25)/t11-,12-,13-,16-,17+/m0/s1. The fourth-order valence-electron chi connectivity index (χ4n) is 4.48. The zero-order valence-electron chi connectivity index (χ0n) is 13.7. The van der Waals surface area contributed by atoms with Crippen molar-refractivity contribution in [3.05, 3.63) is 42.5 Å². The molecule has 1 aromatic rings. The number of nitrogens with one attached hydrogen (secondary N) is 1. The van der Waals surface area contributed by atoms with Gasteiger partial charge >= 0.3 is 5.97 Å². The molecule has 3 aliphatic rings. The molecule has 2 fully saturated rings. The number of amides is 2. The molecule has 2 N–H and O–H groups in total. The highest BCUT2D eigenvalue weighted by atomic mass is 16.4. The lowest BCUT2D eigenvalue weighted by Crippen LogP contribution is -2.45. The summed E-state index contributed by atoms with van der Waals surface area (Å²) in [5.41, 5.74) is 0.815. The molecule has 1 heterocycles. The number of carbonyl (C=O) groups is 3. The van der Waals surface area contributed by atoms with Crippen LogP contribution in [0.15, 0.2) is 42.5 Å². The summed E-state index contributed by atoms with van der Waals surface area (Å²) < 4.78 is 0. The minimum absolute atomic E-state index is 0.00608. The van der Waals surface area contributed by atoms with E-state index in [-0.39, 0.29) is 36.1 Å². The van der Waals surface area contributed by atoms with Crippen molar-refractivity contribution in [2.45, 2.75) is 18.9 Å². The Morgan fingerprint density at radius 2 is 1.76 bits per heavy atom. The average Bonchev–Trinajstić information content (AvgIpc) is 3.29. The molecular formula is C19H20N2O4. The van der Waals surface area contributed by atoms with E-state index in [9.17, 15) is 19.5 Å². The van der Waals surface area contributed by atoms with E-state index in [1.54, 1.807) is 4.90 Å². The number of fused-ring (bicyclic) bond motifs is 2. The normalized spacial score (nSPS) is 33.0. The van der Waals surface area contributed by atoms with Crippen molar-refractivity contribution in [2.75, 3.05) is 11.4 Å².